The molecule has 3 heteroatoms. The van der Waals surface area contributed by atoms with Crippen molar-refractivity contribution in [2.45, 2.75) is 33.2 Å². The van der Waals surface area contributed by atoms with Crippen molar-refractivity contribution in [1.82, 2.24) is 5.48 Å². The molecule has 11 heavy (non-hydrogen) atoms. The van der Waals surface area contributed by atoms with Crippen molar-refractivity contribution >= 4 is 6.21 Å². The number of hydroxylamine groups is 1. The number of hydrogen-bond acceptors (Lipinski definition) is 3. The Bertz CT molecular complexity index is 104. The van der Waals surface area contributed by atoms with Gasteiger partial charge in [0.25, 0.3) is 0 Å². The van der Waals surface area contributed by atoms with Crippen molar-refractivity contribution in [3.05, 3.63) is 0 Å². The topological polar surface area (TPSA) is 33.6 Å². The van der Waals surface area contributed by atoms with Crippen molar-refractivity contribution in [3.63, 3.8) is 0 Å². The maximum absolute atomic E-state index is 4.98. The van der Waals surface area contributed by atoms with Gasteiger partial charge in [-0.25, -0.2) is 5.48 Å². The van der Waals surface area contributed by atoms with Crippen molar-refractivity contribution in [1.29, 1.82) is 0 Å². The average molecular weight is 158 g/mol. The highest BCUT2D eigenvalue weighted by Crippen LogP contribution is 1.92. The molecule has 66 valence electrons. The molecule has 0 aromatic rings. The van der Waals surface area contributed by atoms with E-state index in [1.165, 1.54) is 0 Å². The predicted molar refractivity (Wildman–Crippen MR) is 47.9 cm³/mol. The van der Waals surface area contributed by atoms with Gasteiger partial charge in [0.1, 0.15) is 6.61 Å². The first-order valence-electron chi connectivity index (χ1n) is 4.17. The fraction of sp³-hybridized carbons (Fsp3) is 0.875. The molecule has 0 heterocycles. The highest BCUT2D eigenvalue weighted by atomic mass is 16.6. The van der Waals surface area contributed by atoms with E-state index in [4.69, 9.17) is 4.84 Å². The summed E-state index contributed by atoms with van der Waals surface area (Å²) < 4.78 is 0. The second-order valence-corrected chi connectivity index (χ2v) is 2.40. The van der Waals surface area contributed by atoms with Crippen LogP contribution in [0.3, 0.4) is 0 Å². The van der Waals surface area contributed by atoms with Crippen LogP contribution in [0.5, 0.6) is 0 Å². The smallest absolute Gasteiger partial charge is 0.103 e. The zero-order valence-corrected chi connectivity index (χ0v) is 7.63. The first kappa shape index (κ1) is 10.6. The summed E-state index contributed by atoms with van der Waals surface area (Å²) in [5, 5.41) is 0. The molecule has 0 aliphatic carbocycles. The van der Waals surface area contributed by atoms with E-state index in [1.807, 2.05) is 6.92 Å². The van der Waals surface area contributed by atoms with Gasteiger partial charge in [-0.15, -0.1) is 0 Å². The predicted octanol–water partition coefficient (Wildman–Crippen LogP) is 1.40. The lowest BCUT2D eigenvalue weighted by atomic mass is 10.3. The molecule has 0 bridgehead atoms. The van der Waals surface area contributed by atoms with Gasteiger partial charge in [-0.2, -0.15) is 0 Å². The molecule has 0 rings (SSSR count). The minimum atomic E-state index is 0.417. The molecule has 0 saturated carbocycles. The van der Waals surface area contributed by atoms with Crippen LogP contribution in [0.1, 0.15) is 27.2 Å². The van der Waals surface area contributed by atoms with Gasteiger partial charge in [0.15, 0.2) is 0 Å². The minimum absolute atomic E-state index is 0.417. The largest absolute Gasteiger partial charge is 0.296 e. The van der Waals surface area contributed by atoms with E-state index < -0.39 is 0 Å². The van der Waals surface area contributed by atoms with E-state index in [-0.39, 0.29) is 0 Å². The Hall–Kier alpha value is -0.410. The molecule has 0 aromatic carbocycles. The molecular formula is C8H18N2O. The molecule has 3 nitrogen and oxygen atoms in total. The van der Waals surface area contributed by atoms with Crippen molar-refractivity contribution in [2.75, 3.05) is 13.2 Å². The van der Waals surface area contributed by atoms with E-state index in [2.05, 4.69) is 24.3 Å². The molecule has 0 aliphatic heterocycles. The maximum atomic E-state index is 4.98. The molecular weight excluding hydrogens is 140 g/mol. The molecule has 0 amide bonds. The zero-order valence-electron chi connectivity index (χ0n) is 7.63. The molecule has 0 fully saturated rings. The molecule has 1 unspecified atom stereocenters. The lowest BCUT2D eigenvalue weighted by Crippen LogP contribution is -2.15. The van der Waals surface area contributed by atoms with Crippen LogP contribution >= 0.6 is 0 Å². The quantitative estimate of drug-likeness (QED) is 0.360. The average Bonchev–Trinajstić information content (AvgIpc) is 2.04. The fourth-order valence-corrected chi connectivity index (χ4v) is 0.527. The highest BCUT2D eigenvalue weighted by Gasteiger charge is 1.89. The Balaban J connectivity index is 3.15. The lowest BCUT2D eigenvalue weighted by molar-refractivity contribution is 0.0758. The van der Waals surface area contributed by atoms with E-state index in [1.54, 1.807) is 6.21 Å². The van der Waals surface area contributed by atoms with Crippen molar-refractivity contribution < 1.29 is 4.84 Å². The normalized spacial score (nSPS) is 14.1. The highest BCUT2D eigenvalue weighted by molar-refractivity contribution is 5.58. The number of nitrogens with zero attached hydrogens (tertiary/aromatic N) is 1. The zero-order chi connectivity index (χ0) is 8.53. The molecule has 0 saturated heterocycles. The first-order chi connectivity index (χ1) is 5.31. The van der Waals surface area contributed by atoms with Crippen LogP contribution in [-0.2, 0) is 4.84 Å². The molecule has 0 spiro atoms. The summed E-state index contributed by atoms with van der Waals surface area (Å²) in [6.07, 6.45) is 2.88. The molecule has 0 radical (unpaired) electrons. The minimum Gasteiger partial charge on any atom is -0.296 e. The van der Waals surface area contributed by atoms with Gasteiger partial charge in [-0.1, -0.05) is 13.8 Å². The van der Waals surface area contributed by atoms with Gasteiger partial charge in [0, 0.05) is 18.8 Å². The Morgan fingerprint density at radius 1 is 1.55 bits per heavy atom. The van der Waals surface area contributed by atoms with Crippen molar-refractivity contribution in [3.8, 4) is 0 Å². The number of rotatable bonds is 6. The molecule has 0 aromatic heterocycles. The molecule has 1 N–H and O–H groups in total. The van der Waals surface area contributed by atoms with Crippen LogP contribution in [0.25, 0.3) is 0 Å². The van der Waals surface area contributed by atoms with Crippen LogP contribution in [0, 0.1) is 0 Å². The van der Waals surface area contributed by atoms with Gasteiger partial charge in [0.05, 0.1) is 0 Å². The standard InChI is InChI=1S/C8H18N2O/c1-4-8(3)9-6-7-11-10-5-2/h6,8,10H,4-5,7H2,1-3H3. The number of aliphatic imine (C=N–C) groups is 1. The molecule has 1 atom stereocenters. The van der Waals surface area contributed by atoms with E-state index in [0.717, 1.165) is 13.0 Å². The van der Waals surface area contributed by atoms with Gasteiger partial charge in [-0.05, 0) is 13.3 Å². The summed E-state index contributed by atoms with van der Waals surface area (Å²) >= 11 is 0. The van der Waals surface area contributed by atoms with Crippen LogP contribution in [-0.4, -0.2) is 25.4 Å². The Kier molecular flexibility index (Phi) is 7.41. The van der Waals surface area contributed by atoms with Crippen molar-refractivity contribution in [2.24, 2.45) is 4.99 Å². The van der Waals surface area contributed by atoms with Crippen LogP contribution in [0.4, 0.5) is 0 Å². The third-order valence-corrected chi connectivity index (χ3v) is 1.35. The SMILES string of the molecule is CCNOCC=NC(C)CC. The van der Waals surface area contributed by atoms with Crippen LogP contribution < -0.4 is 5.48 Å². The summed E-state index contributed by atoms with van der Waals surface area (Å²) in [5.74, 6) is 0. The second-order valence-electron chi connectivity index (χ2n) is 2.40. The van der Waals surface area contributed by atoms with E-state index >= 15 is 0 Å². The lowest BCUT2D eigenvalue weighted by Gasteiger charge is -2.00. The maximum Gasteiger partial charge on any atom is 0.103 e. The number of hydrogen-bond donors (Lipinski definition) is 1. The first-order valence-corrected chi connectivity index (χ1v) is 4.17. The molecule has 0 aliphatic rings. The van der Waals surface area contributed by atoms with Gasteiger partial charge in [0.2, 0.25) is 0 Å². The Morgan fingerprint density at radius 3 is 2.82 bits per heavy atom. The van der Waals surface area contributed by atoms with Gasteiger partial charge >= 0.3 is 0 Å². The third kappa shape index (κ3) is 7.49. The van der Waals surface area contributed by atoms with Gasteiger partial charge in [-0.3, -0.25) is 9.83 Å². The van der Waals surface area contributed by atoms with E-state index in [9.17, 15) is 0 Å². The monoisotopic (exact) mass is 158 g/mol. The van der Waals surface area contributed by atoms with Crippen LogP contribution in [0.2, 0.25) is 0 Å². The Labute approximate surface area is 68.8 Å². The summed E-state index contributed by atoms with van der Waals surface area (Å²) in [7, 11) is 0. The third-order valence-electron chi connectivity index (χ3n) is 1.35. The van der Waals surface area contributed by atoms with Gasteiger partial charge < -0.3 is 0 Å². The second kappa shape index (κ2) is 7.69. The number of nitrogens with one attached hydrogen (secondary N) is 1. The van der Waals surface area contributed by atoms with E-state index in [0.29, 0.717) is 12.6 Å². The fourth-order valence-electron chi connectivity index (χ4n) is 0.527. The Morgan fingerprint density at radius 2 is 2.27 bits per heavy atom. The summed E-state index contributed by atoms with van der Waals surface area (Å²) in [6.45, 7) is 7.58. The van der Waals surface area contributed by atoms with Crippen LogP contribution in [0.15, 0.2) is 4.99 Å². The summed E-state index contributed by atoms with van der Waals surface area (Å²) in [6, 6.07) is 0.417. The summed E-state index contributed by atoms with van der Waals surface area (Å²) in [5.41, 5.74) is 2.75. The summed E-state index contributed by atoms with van der Waals surface area (Å²) in [4.78, 5) is 9.20.